The Labute approximate surface area is 96.4 Å². The Morgan fingerprint density at radius 2 is 2.00 bits per heavy atom. The summed E-state index contributed by atoms with van der Waals surface area (Å²) in [5, 5.41) is 2.96. The summed E-state index contributed by atoms with van der Waals surface area (Å²) in [6.07, 6.45) is 2.73. The van der Waals surface area contributed by atoms with Crippen molar-refractivity contribution in [2.75, 3.05) is 6.54 Å². The van der Waals surface area contributed by atoms with Gasteiger partial charge in [-0.1, -0.05) is 20.8 Å². The fourth-order valence-electron chi connectivity index (χ4n) is 1.97. The van der Waals surface area contributed by atoms with Crippen molar-refractivity contribution < 1.29 is 9.59 Å². The first-order chi connectivity index (χ1) is 7.38. The zero-order chi connectivity index (χ0) is 11.9. The SMILES string of the molecule is CC(C)(C)C(=O)N[C@@H]1CC(=O)N(C2CC2)C1. The maximum atomic E-state index is 11.8. The van der Waals surface area contributed by atoms with Crippen molar-refractivity contribution in [1.82, 2.24) is 10.2 Å². The van der Waals surface area contributed by atoms with Crippen molar-refractivity contribution in [3.05, 3.63) is 0 Å². The monoisotopic (exact) mass is 224 g/mol. The van der Waals surface area contributed by atoms with Crippen LogP contribution in [0.2, 0.25) is 0 Å². The highest BCUT2D eigenvalue weighted by molar-refractivity contribution is 5.84. The number of rotatable bonds is 2. The van der Waals surface area contributed by atoms with Crippen molar-refractivity contribution in [1.29, 1.82) is 0 Å². The second kappa shape index (κ2) is 3.75. The average Bonchev–Trinajstić information content (AvgIpc) is 2.90. The van der Waals surface area contributed by atoms with Crippen molar-refractivity contribution in [3.63, 3.8) is 0 Å². The first kappa shape index (κ1) is 11.4. The van der Waals surface area contributed by atoms with Gasteiger partial charge in [-0.3, -0.25) is 9.59 Å². The zero-order valence-corrected chi connectivity index (χ0v) is 10.2. The molecule has 0 spiro atoms. The van der Waals surface area contributed by atoms with Crippen molar-refractivity contribution in [2.45, 2.75) is 52.1 Å². The molecule has 1 aliphatic carbocycles. The lowest BCUT2D eigenvalue weighted by atomic mass is 9.95. The van der Waals surface area contributed by atoms with Crippen LogP contribution in [0, 0.1) is 5.41 Å². The minimum absolute atomic E-state index is 0.0137. The van der Waals surface area contributed by atoms with E-state index >= 15 is 0 Å². The van der Waals surface area contributed by atoms with Gasteiger partial charge in [-0.15, -0.1) is 0 Å². The number of hydrogen-bond acceptors (Lipinski definition) is 2. The number of carbonyl (C=O) groups excluding carboxylic acids is 2. The van der Waals surface area contributed by atoms with E-state index in [0.717, 1.165) is 12.8 Å². The summed E-state index contributed by atoms with van der Waals surface area (Å²) in [5.74, 6) is 0.227. The van der Waals surface area contributed by atoms with Crippen molar-refractivity contribution in [2.24, 2.45) is 5.41 Å². The molecule has 4 nitrogen and oxygen atoms in total. The molecule has 16 heavy (non-hydrogen) atoms. The van der Waals surface area contributed by atoms with Gasteiger partial charge in [-0.05, 0) is 12.8 Å². The summed E-state index contributed by atoms with van der Waals surface area (Å²) in [4.78, 5) is 25.4. The van der Waals surface area contributed by atoms with Gasteiger partial charge in [0, 0.05) is 24.4 Å². The quantitative estimate of drug-likeness (QED) is 0.758. The van der Waals surface area contributed by atoms with Crippen LogP contribution < -0.4 is 5.32 Å². The normalized spacial score (nSPS) is 26.1. The molecular weight excluding hydrogens is 204 g/mol. The molecule has 0 aromatic rings. The largest absolute Gasteiger partial charge is 0.351 e. The minimum Gasteiger partial charge on any atom is -0.351 e. The highest BCUT2D eigenvalue weighted by atomic mass is 16.2. The molecular formula is C12H20N2O2. The van der Waals surface area contributed by atoms with Gasteiger partial charge in [0.05, 0.1) is 6.04 Å². The first-order valence-corrected chi connectivity index (χ1v) is 5.98. The molecule has 0 unspecified atom stereocenters. The van der Waals surface area contributed by atoms with E-state index in [0.29, 0.717) is 19.0 Å². The molecule has 1 saturated heterocycles. The second-order valence-corrected chi connectivity index (χ2v) is 5.90. The molecule has 2 fully saturated rings. The number of hydrogen-bond donors (Lipinski definition) is 1. The molecule has 1 heterocycles. The molecule has 1 N–H and O–H groups in total. The molecule has 2 aliphatic rings. The summed E-state index contributed by atoms with van der Waals surface area (Å²) in [6, 6.07) is 0.476. The molecule has 4 heteroatoms. The topological polar surface area (TPSA) is 49.4 Å². The molecule has 0 aromatic carbocycles. The summed E-state index contributed by atoms with van der Waals surface area (Å²) < 4.78 is 0. The highest BCUT2D eigenvalue weighted by Gasteiger charge is 2.40. The van der Waals surface area contributed by atoms with Crippen LogP contribution in [0.15, 0.2) is 0 Å². The Balaban J connectivity index is 1.88. The standard InChI is InChI=1S/C12H20N2O2/c1-12(2,3)11(16)13-8-6-10(15)14(7-8)9-4-5-9/h8-9H,4-7H2,1-3H3,(H,13,16)/t8-/m1/s1. The summed E-state index contributed by atoms with van der Waals surface area (Å²) in [7, 11) is 0. The van der Waals surface area contributed by atoms with Gasteiger partial charge in [0.1, 0.15) is 0 Å². The van der Waals surface area contributed by atoms with Crippen LogP contribution in [0.1, 0.15) is 40.0 Å². The fraction of sp³-hybridized carbons (Fsp3) is 0.833. The minimum atomic E-state index is -0.379. The van der Waals surface area contributed by atoms with Gasteiger partial charge in [-0.25, -0.2) is 0 Å². The van der Waals surface area contributed by atoms with E-state index in [9.17, 15) is 9.59 Å². The third-order valence-corrected chi connectivity index (χ3v) is 3.16. The van der Waals surface area contributed by atoms with Crippen molar-refractivity contribution >= 4 is 11.8 Å². The number of nitrogens with one attached hydrogen (secondary N) is 1. The number of carbonyl (C=O) groups is 2. The van der Waals surface area contributed by atoms with Crippen LogP contribution in [0.4, 0.5) is 0 Å². The molecule has 1 atom stereocenters. The second-order valence-electron chi connectivity index (χ2n) is 5.90. The Kier molecular flexibility index (Phi) is 2.68. The third kappa shape index (κ3) is 2.36. The first-order valence-electron chi connectivity index (χ1n) is 5.98. The predicted octanol–water partition coefficient (Wildman–Crippen LogP) is 0.912. The van der Waals surface area contributed by atoms with E-state index in [-0.39, 0.29) is 23.3 Å². The predicted molar refractivity (Wildman–Crippen MR) is 60.7 cm³/mol. The summed E-state index contributed by atoms with van der Waals surface area (Å²) in [6.45, 7) is 6.36. The lowest BCUT2D eigenvalue weighted by Crippen LogP contribution is -2.43. The van der Waals surface area contributed by atoms with E-state index < -0.39 is 0 Å². The van der Waals surface area contributed by atoms with Gasteiger partial charge in [0.15, 0.2) is 0 Å². The van der Waals surface area contributed by atoms with Crippen LogP contribution in [0.25, 0.3) is 0 Å². The van der Waals surface area contributed by atoms with Crippen LogP contribution in [-0.4, -0.2) is 35.3 Å². The third-order valence-electron chi connectivity index (χ3n) is 3.16. The van der Waals surface area contributed by atoms with Crippen LogP contribution >= 0.6 is 0 Å². The molecule has 90 valence electrons. The van der Waals surface area contributed by atoms with Crippen LogP contribution in [-0.2, 0) is 9.59 Å². The van der Waals surface area contributed by atoms with Crippen LogP contribution in [0.3, 0.4) is 0 Å². The lowest BCUT2D eigenvalue weighted by Gasteiger charge is -2.21. The summed E-state index contributed by atoms with van der Waals surface area (Å²) in [5.41, 5.74) is -0.379. The zero-order valence-electron chi connectivity index (χ0n) is 10.2. The van der Waals surface area contributed by atoms with E-state index in [4.69, 9.17) is 0 Å². The van der Waals surface area contributed by atoms with Gasteiger partial charge in [0.2, 0.25) is 11.8 Å². The van der Waals surface area contributed by atoms with Crippen molar-refractivity contribution in [3.8, 4) is 0 Å². The van der Waals surface area contributed by atoms with E-state index in [1.165, 1.54) is 0 Å². The molecule has 0 aromatic heterocycles. The Morgan fingerprint density at radius 1 is 1.38 bits per heavy atom. The maximum Gasteiger partial charge on any atom is 0.225 e. The van der Waals surface area contributed by atoms with E-state index in [2.05, 4.69) is 5.32 Å². The smallest absolute Gasteiger partial charge is 0.225 e. The molecule has 0 bridgehead atoms. The van der Waals surface area contributed by atoms with Gasteiger partial charge in [0.25, 0.3) is 0 Å². The molecule has 2 rings (SSSR count). The highest BCUT2D eigenvalue weighted by Crippen LogP contribution is 2.30. The molecule has 0 radical (unpaired) electrons. The molecule has 2 amide bonds. The summed E-state index contributed by atoms with van der Waals surface area (Å²) >= 11 is 0. The maximum absolute atomic E-state index is 11.8. The Morgan fingerprint density at radius 3 is 2.50 bits per heavy atom. The number of likely N-dealkylation sites (tertiary alicyclic amines) is 1. The van der Waals surface area contributed by atoms with E-state index in [1.54, 1.807) is 0 Å². The average molecular weight is 224 g/mol. The van der Waals surface area contributed by atoms with Crippen LogP contribution in [0.5, 0.6) is 0 Å². The van der Waals surface area contributed by atoms with Gasteiger partial charge < -0.3 is 10.2 Å². The number of nitrogens with zero attached hydrogens (tertiary/aromatic N) is 1. The van der Waals surface area contributed by atoms with E-state index in [1.807, 2.05) is 25.7 Å². The lowest BCUT2D eigenvalue weighted by molar-refractivity contribution is -0.129. The Bertz CT molecular complexity index is 315. The Hall–Kier alpha value is -1.06. The van der Waals surface area contributed by atoms with Gasteiger partial charge in [-0.2, -0.15) is 0 Å². The number of amides is 2. The molecule has 1 saturated carbocycles. The molecule has 1 aliphatic heterocycles. The van der Waals surface area contributed by atoms with Gasteiger partial charge >= 0.3 is 0 Å². The fourth-order valence-corrected chi connectivity index (χ4v) is 1.97.